The highest BCUT2D eigenvalue weighted by atomic mass is 32.1. The lowest BCUT2D eigenvalue weighted by atomic mass is 10.2. The molecule has 0 atom stereocenters. The van der Waals surface area contributed by atoms with E-state index in [0.29, 0.717) is 18.0 Å². The zero-order chi connectivity index (χ0) is 15.4. The van der Waals surface area contributed by atoms with Crippen LogP contribution in [0.25, 0.3) is 0 Å². The van der Waals surface area contributed by atoms with E-state index in [9.17, 15) is 4.79 Å². The van der Waals surface area contributed by atoms with Crippen LogP contribution < -0.4 is 10.6 Å². The fourth-order valence-electron chi connectivity index (χ4n) is 2.16. The monoisotopic (exact) mass is 317 g/mol. The molecule has 1 aliphatic carbocycles. The van der Waals surface area contributed by atoms with Gasteiger partial charge in [-0.2, -0.15) is 0 Å². The summed E-state index contributed by atoms with van der Waals surface area (Å²) in [6.07, 6.45) is 2.54. The fraction of sp³-hybridized carbons (Fsp3) is 0.375. The van der Waals surface area contributed by atoms with Crippen molar-refractivity contribution in [3.63, 3.8) is 0 Å². The summed E-state index contributed by atoms with van der Waals surface area (Å²) >= 11 is 1.73. The van der Waals surface area contributed by atoms with E-state index in [2.05, 4.69) is 21.0 Å². The Morgan fingerprint density at radius 1 is 1.41 bits per heavy atom. The number of nitrogens with zero attached hydrogens (tertiary/aromatic N) is 1. The standard InChI is InChI=1S/C16H19N3O2S/c20-7-6-17-15(21)12-2-1-3-13(8-12)18-9-14-10-22-16(19-14)11-4-5-11/h1-3,8,10-11,18,20H,4-7,9H2,(H,17,21). The third kappa shape index (κ3) is 3.84. The molecule has 1 saturated carbocycles. The SMILES string of the molecule is O=C(NCCO)c1cccc(NCc2csc(C3CC3)n2)c1. The predicted octanol–water partition coefficient (Wildman–Crippen LogP) is 2.35. The first kappa shape index (κ1) is 15.0. The maximum absolute atomic E-state index is 11.9. The molecule has 0 aliphatic heterocycles. The van der Waals surface area contributed by atoms with Crippen molar-refractivity contribution in [2.45, 2.75) is 25.3 Å². The average Bonchev–Trinajstić information content (AvgIpc) is 3.29. The Labute approximate surface area is 133 Å². The lowest BCUT2D eigenvalue weighted by Crippen LogP contribution is -2.26. The van der Waals surface area contributed by atoms with Crippen molar-refractivity contribution in [2.75, 3.05) is 18.5 Å². The first-order valence-corrected chi connectivity index (χ1v) is 8.31. The minimum atomic E-state index is -0.178. The second-order valence-electron chi connectivity index (χ2n) is 5.37. The largest absolute Gasteiger partial charge is 0.395 e. The normalized spacial score (nSPS) is 13.9. The molecule has 1 aliphatic rings. The zero-order valence-corrected chi connectivity index (χ0v) is 13.0. The van der Waals surface area contributed by atoms with E-state index >= 15 is 0 Å². The van der Waals surface area contributed by atoms with Crippen molar-refractivity contribution in [3.8, 4) is 0 Å². The number of aliphatic hydroxyl groups excluding tert-OH is 1. The summed E-state index contributed by atoms with van der Waals surface area (Å²) in [4.78, 5) is 16.5. The van der Waals surface area contributed by atoms with Crippen LogP contribution in [0.15, 0.2) is 29.6 Å². The Bertz CT molecular complexity index is 652. The van der Waals surface area contributed by atoms with E-state index in [1.54, 1.807) is 23.5 Å². The predicted molar refractivity (Wildman–Crippen MR) is 87.3 cm³/mol. The van der Waals surface area contributed by atoms with Gasteiger partial charge >= 0.3 is 0 Å². The van der Waals surface area contributed by atoms with Crippen molar-refractivity contribution in [1.82, 2.24) is 10.3 Å². The highest BCUT2D eigenvalue weighted by molar-refractivity contribution is 7.09. The smallest absolute Gasteiger partial charge is 0.251 e. The number of nitrogens with one attached hydrogen (secondary N) is 2. The Kier molecular flexibility index (Phi) is 4.70. The molecule has 2 aromatic rings. The molecule has 0 bridgehead atoms. The molecule has 0 radical (unpaired) electrons. The molecule has 1 fully saturated rings. The van der Waals surface area contributed by atoms with Crippen LogP contribution in [-0.4, -0.2) is 29.1 Å². The Morgan fingerprint density at radius 3 is 3.05 bits per heavy atom. The number of benzene rings is 1. The van der Waals surface area contributed by atoms with E-state index in [1.807, 2.05) is 12.1 Å². The summed E-state index contributed by atoms with van der Waals surface area (Å²) < 4.78 is 0. The van der Waals surface area contributed by atoms with Gasteiger partial charge in [0, 0.05) is 29.1 Å². The Balaban J connectivity index is 1.58. The van der Waals surface area contributed by atoms with Gasteiger partial charge in [-0.1, -0.05) is 6.07 Å². The minimum absolute atomic E-state index is 0.0587. The molecule has 1 aromatic carbocycles. The molecular formula is C16H19N3O2S. The van der Waals surface area contributed by atoms with E-state index in [0.717, 1.165) is 11.4 Å². The number of hydrogen-bond donors (Lipinski definition) is 3. The van der Waals surface area contributed by atoms with Crippen LogP contribution in [0.3, 0.4) is 0 Å². The van der Waals surface area contributed by atoms with E-state index < -0.39 is 0 Å². The summed E-state index contributed by atoms with van der Waals surface area (Å²) in [5.74, 6) is 0.514. The van der Waals surface area contributed by atoms with Gasteiger partial charge in [0.05, 0.1) is 23.9 Å². The molecule has 6 heteroatoms. The van der Waals surface area contributed by atoms with Gasteiger partial charge in [0.25, 0.3) is 5.91 Å². The van der Waals surface area contributed by atoms with Gasteiger partial charge in [-0.3, -0.25) is 4.79 Å². The van der Waals surface area contributed by atoms with Crippen LogP contribution in [0, 0.1) is 0 Å². The van der Waals surface area contributed by atoms with Crippen molar-refractivity contribution in [1.29, 1.82) is 0 Å². The molecule has 22 heavy (non-hydrogen) atoms. The summed E-state index contributed by atoms with van der Waals surface area (Å²) in [6, 6.07) is 7.33. The number of carbonyl (C=O) groups is 1. The number of amides is 1. The van der Waals surface area contributed by atoms with Gasteiger partial charge in [-0.15, -0.1) is 11.3 Å². The lowest BCUT2D eigenvalue weighted by molar-refractivity contribution is 0.0945. The number of hydrogen-bond acceptors (Lipinski definition) is 5. The second-order valence-corrected chi connectivity index (χ2v) is 6.25. The number of anilines is 1. The molecule has 3 N–H and O–H groups in total. The third-order valence-electron chi connectivity index (χ3n) is 3.49. The van der Waals surface area contributed by atoms with E-state index in [-0.39, 0.29) is 19.1 Å². The van der Waals surface area contributed by atoms with E-state index in [4.69, 9.17) is 5.11 Å². The number of rotatable bonds is 7. The average molecular weight is 317 g/mol. The highest BCUT2D eigenvalue weighted by Gasteiger charge is 2.26. The minimum Gasteiger partial charge on any atom is -0.395 e. The van der Waals surface area contributed by atoms with Crippen molar-refractivity contribution in [3.05, 3.63) is 45.9 Å². The van der Waals surface area contributed by atoms with Crippen LogP contribution in [0.1, 0.15) is 39.8 Å². The molecule has 0 saturated heterocycles. The first-order valence-electron chi connectivity index (χ1n) is 7.43. The maximum Gasteiger partial charge on any atom is 0.251 e. The molecule has 3 rings (SSSR count). The third-order valence-corrected chi connectivity index (χ3v) is 4.55. The van der Waals surface area contributed by atoms with Crippen molar-refractivity contribution < 1.29 is 9.90 Å². The number of thiazole rings is 1. The molecule has 0 spiro atoms. The molecule has 1 aromatic heterocycles. The van der Waals surface area contributed by atoms with Crippen molar-refractivity contribution in [2.24, 2.45) is 0 Å². The topological polar surface area (TPSA) is 74.2 Å². The molecule has 1 amide bonds. The number of carbonyl (C=O) groups excluding carboxylic acids is 1. The molecular weight excluding hydrogens is 298 g/mol. The van der Waals surface area contributed by atoms with Gasteiger partial charge in [-0.05, 0) is 31.0 Å². The second kappa shape index (κ2) is 6.89. The first-order chi connectivity index (χ1) is 10.8. The van der Waals surface area contributed by atoms with Gasteiger partial charge in [-0.25, -0.2) is 4.98 Å². The summed E-state index contributed by atoms with van der Waals surface area (Å²) in [5.41, 5.74) is 2.51. The van der Waals surface area contributed by atoms with Gasteiger partial charge in [0.1, 0.15) is 0 Å². The molecule has 1 heterocycles. The lowest BCUT2D eigenvalue weighted by Gasteiger charge is -2.07. The Morgan fingerprint density at radius 2 is 2.27 bits per heavy atom. The quantitative estimate of drug-likeness (QED) is 0.733. The molecule has 116 valence electrons. The Hall–Kier alpha value is -1.92. The van der Waals surface area contributed by atoms with Crippen LogP contribution >= 0.6 is 11.3 Å². The van der Waals surface area contributed by atoms with Crippen LogP contribution in [0.4, 0.5) is 5.69 Å². The fourth-order valence-corrected chi connectivity index (χ4v) is 3.15. The van der Waals surface area contributed by atoms with Gasteiger partial charge in [0.2, 0.25) is 0 Å². The van der Waals surface area contributed by atoms with Gasteiger partial charge < -0.3 is 15.7 Å². The molecule has 5 nitrogen and oxygen atoms in total. The van der Waals surface area contributed by atoms with Crippen molar-refractivity contribution >= 4 is 22.9 Å². The highest BCUT2D eigenvalue weighted by Crippen LogP contribution is 2.41. The molecule has 0 unspecified atom stereocenters. The number of aliphatic hydroxyl groups is 1. The van der Waals surface area contributed by atoms with Crippen LogP contribution in [0.2, 0.25) is 0 Å². The zero-order valence-electron chi connectivity index (χ0n) is 12.2. The maximum atomic E-state index is 11.9. The van der Waals surface area contributed by atoms with Crippen LogP contribution in [-0.2, 0) is 6.54 Å². The van der Waals surface area contributed by atoms with Crippen LogP contribution in [0.5, 0.6) is 0 Å². The van der Waals surface area contributed by atoms with Gasteiger partial charge in [0.15, 0.2) is 0 Å². The van der Waals surface area contributed by atoms with E-state index in [1.165, 1.54) is 17.8 Å². The number of aromatic nitrogens is 1. The summed E-state index contributed by atoms with van der Waals surface area (Å²) in [7, 11) is 0. The summed E-state index contributed by atoms with van der Waals surface area (Å²) in [5, 5.41) is 18.0. The summed E-state index contributed by atoms with van der Waals surface area (Å²) in [6.45, 7) is 0.862.